The lowest BCUT2D eigenvalue weighted by atomic mass is 10.1. The molecular weight excluding hydrogens is 190 g/mol. The minimum atomic E-state index is -1.28. The van der Waals surface area contributed by atoms with Crippen molar-refractivity contribution < 1.29 is 24.6 Å². The van der Waals surface area contributed by atoms with Crippen molar-refractivity contribution in [2.24, 2.45) is 0 Å². The summed E-state index contributed by atoms with van der Waals surface area (Å²) in [6, 6.07) is -1.48. The molecule has 78 valence electrons. The molecule has 1 fully saturated rings. The van der Waals surface area contributed by atoms with Gasteiger partial charge in [-0.15, -0.1) is 0 Å². The molecule has 6 nitrogen and oxygen atoms in total. The molecule has 0 aromatic carbocycles. The van der Waals surface area contributed by atoms with Crippen LogP contribution in [0.15, 0.2) is 0 Å². The van der Waals surface area contributed by atoms with Crippen molar-refractivity contribution in [3.05, 3.63) is 0 Å². The molecule has 1 saturated heterocycles. The fourth-order valence-corrected chi connectivity index (χ4v) is 1.76. The van der Waals surface area contributed by atoms with E-state index in [4.69, 9.17) is 10.2 Å². The summed E-state index contributed by atoms with van der Waals surface area (Å²) in [6.45, 7) is 0. The van der Waals surface area contributed by atoms with Crippen LogP contribution in [0.1, 0.15) is 19.3 Å². The van der Waals surface area contributed by atoms with Crippen molar-refractivity contribution in [1.82, 2.24) is 4.90 Å². The Morgan fingerprint density at radius 2 is 2.00 bits per heavy atom. The van der Waals surface area contributed by atoms with Crippen LogP contribution < -0.4 is 0 Å². The average Bonchev–Trinajstić information content (AvgIpc) is 2.48. The summed E-state index contributed by atoms with van der Waals surface area (Å²) in [5.41, 5.74) is 0. The fraction of sp³-hybridized carbons (Fsp3) is 0.625. The highest BCUT2D eigenvalue weighted by Gasteiger charge is 2.40. The van der Waals surface area contributed by atoms with Gasteiger partial charge in [0, 0.05) is 12.5 Å². The minimum absolute atomic E-state index is 0.0656. The van der Waals surface area contributed by atoms with Gasteiger partial charge in [-0.1, -0.05) is 0 Å². The van der Waals surface area contributed by atoms with E-state index in [1.807, 2.05) is 0 Å². The molecule has 1 heterocycles. The molecule has 0 aliphatic carbocycles. The summed E-state index contributed by atoms with van der Waals surface area (Å²) in [4.78, 5) is 32.5. The average molecular weight is 201 g/mol. The van der Waals surface area contributed by atoms with Gasteiger partial charge in [-0.25, -0.2) is 9.59 Å². The summed E-state index contributed by atoms with van der Waals surface area (Å²) in [5.74, 6) is -1.15. The predicted octanol–water partition coefficient (Wildman–Crippen LogP) is 0.171. The maximum absolute atomic E-state index is 10.7. The van der Waals surface area contributed by atoms with Crippen LogP contribution in [0.5, 0.6) is 0 Å². The lowest BCUT2D eigenvalue weighted by Crippen LogP contribution is -2.44. The molecule has 2 N–H and O–H groups in total. The zero-order valence-corrected chi connectivity index (χ0v) is 7.42. The summed E-state index contributed by atoms with van der Waals surface area (Å²) in [6.07, 6.45) is 0.116. The van der Waals surface area contributed by atoms with E-state index in [1.165, 1.54) is 0 Å². The molecule has 1 rings (SSSR count). The van der Waals surface area contributed by atoms with Gasteiger partial charge in [0.25, 0.3) is 0 Å². The Hall–Kier alpha value is -1.59. The zero-order chi connectivity index (χ0) is 10.7. The SMILES string of the molecule is O=CCC1CC[C@@H](C(=O)O)N1C(=O)O. The molecule has 1 aliphatic heterocycles. The van der Waals surface area contributed by atoms with Gasteiger partial charge < -0.3 is 15.0 Å². The molecule has 0 aromatic rings. The van der Waals surface area contributed by atoms with E-state index < -0.39 is 24.1 Å². The van der Waals surface area contributed by atoms with Crippen LogP contribution in [0, 0.1) is 0 Å². The number of carboxylic acid groups (broad SMARTS) is 2. The monoisotopic (exact) mass is 201 g/mol. The lowest BCUT2D eigenvalue weighted by Gasteiger charge is -2.23. The first-order valence-corrected chi connectivity index (χ1v) is 4.25. The van der Waals surface area contributed by atoms with Crippen LogP contribution in [0.4, 0.5) is 4.79 Å². The minimum Gasteiger partial charge on any atom is -0.480 e. The quantitative estimate of drug-likeness (QED) is 0.634. The number of nitrogens with zero attached hydrogens (tertiary/aromatic N) is 1. The maximum atomic E-state index is 10.7. The van der Waals surface area contributed by atoms with Crippen LogP contribution in [-0.2, 0) is 9.59 Å². The number of likely N-dealkylation sites (tertiary alicyclic amines) is 1. The van der Waals surface area contributed by atoms with Crippen LogP contribution in [0.2, 0.25) is 0 Å². The van der Waals surface area contributed by atoms with Gasteiger partial charge in [-0.05, 0) is 12.8 Å². The number of rotatable bonds is 3. The van der Waals surface area contributed by atoms with Crippen LogP contribution >= 0.6 is 0 Å². The first-order valence-electron chi connectivity index (χ1n) is 4.25. The highest BCUT2D eigenvalue weighted by atomic mass is 16.4. The van der Waals surface area contributed by atoms with E-state index in [2.05, 4.69) is 0 Å². The number of carbonyl (C=O) groups is 3. The second-order valence-electron chi connectivity index (χ2n) is 3.18. The summed E-state index contributed by atoms with van der Waals surface area (Å²) in [5, 5.41) is 17.5. The Morgan fingerprint density at radius 1 is 1.36 bits per heavy atom. The molecule has 0 radical (unpaired) electrons. The Labute approximate surface area is 80.1 Å². The van der Waals surface area contributed by atoms with Crippen molar-refractivity contribution in [1.29, 1.82) is 0 Å². The molecule has 1 unspecified atom stereocenters. The summed E-state index contributed by atoms with van der Waals surface area (Å²) >= 11 is 0. The van der Waals surface area contributed by atoms with Gasteiger partial charge in [-0.3, -0.25) is 4.90 Å². The number of aldehydes is 1. The smallest absolute Gasteiger partial charge is 0.408 e. The Kier molecular flexibility index (Phi) is 3.06. The normalized spacial score (nSPS) is 26.1. The van der Waals surface area contributed by atoms with Crippen molar-refractivity contribution in [2.45, 2.75) is 31.3 Å². The molecular formula is C8H11NO5. The van der Waals surface area contributed by atoms with Gasteiger partial charge >= 0.3 is 12.1 Å². The Balaban J connectivity index is 2.79. The molecule has 6 heteroatoms. The molecule has 0 spiro atoms. The number of amides is 1. The second kappa shape index (κ2) is 4.08. The van der Waals surface area contributed by atoms with Gasteiger partial charge in [0.1, 0.15) is 12.3 Å². The van der Waals surface area contributed by atoms with E-state index >= 15 is 0 Å². The summed E-state index contributed by atoms with van der Waals surface area (Å²) < 4.78 is 0. The highest BCUT2D eigenvalue weighted by molar-refractivity contribution is 5.80. The third-order valence-electron chi connectivity index (χ3n) is 2.38. The number of hydrogen-bond acceptors (Lipinski definition) is 3. The number of carbonyl (C=O) groups excluding carboxylic acids is 1. The Morgan fingerprint density at radius 3 is 2.43 bits per heavy atom. The lowest BCUT2D eigenvalue weighted by molar-refractivity contribution is -0.142. The molecule has 0 aromatic heterocycles. The van der Waals surface area contributed by atoms with Gasteiger partial charge in [0.05, 0.1) is 0 Å². The first kappa shape index (κ1) is 10.5. The second-order valence-corrected chi connectivity index (χ2v) is 3.18. The third kappa shape index (κ3) is 1.84. The molecule has 2 atom stereocenters. The molecule has 0 bridgehead atoms. The predicted molar refractivity (Wildman–Crippen MR) is 45.0 cm³/mol. The topological polar surface area (TPSA) is 94.9 Å². The van der Waals surface area contributed by atoms with Crippen molar-refractivity contribution >= 4 is 18.3 Å². The van der Waals surface area contributed by atoms with Gasteiger partial charge in [0.2, 0.25) is 0 Å². The van der Waals surface area contributed by atoms with Crippen molar-refractivity contribution in [3.63, 3.8) is 0 Å². The van der Waals surface area contributed by atoms with E-state index in [-0.39, 0.29) is 12.8 Å². The first-order chi connectivity index (χ1) is 6.57. The fourth-order valence-electron chi connectivity index (χ4n) is 1.76. The molecule has 0 saturated carbocycles. The van der Waals surface area contributed by atoms with E-state index in [0.29, 0.717) is 12.7 Å². The molecule has 1 amide bonds. The van der Waals surface area contributed by atoms with Crippen molar-refractivity contribution in [3.8, 4) is 0 Å². The molecule has 1 aliphatic rings. The van der Waals surface area contributed by atoms with Crippen molar-refractivity contribution in [2.75, 3.05) is 0 Å². The molecule has 14 heavy (non-hydrogen) atoms. The van der Waals surface area contributed by atoms with E-state index in [1.54, 1.807) is 0 Å². The van der Waals surface area contributed by atoms with Gasteiger partial charge in [0.15, 0.2) is 0 Å². The van der Waals surface area contributed by atoms with Crippen LogP contribution in [-0.4, -0.2) is 45.5 Å². The summed E-state index contributed by atoms with van der Waals surface area (Å²) in [7, 11) is 0. The zero-order valence-electron chi connectivity index (χ0n) is 7.42. The largest absolute Gasteiger partial charge is 0.480 e. The number of carboxylic acids is 1. The van der Waals surface area contributed by atoms with Crippen LogP contribution in [0.3, 0.4) is 0 Å². The van der Waals surface area contributed by atoms with Crippen LogP contribution in [0.25, 0.3) is 0 Å². The third-order valence-corrected chi connectivity index (χ3v) is 2.38. The van der Waals surface area contributed by atoms with E-state index in [0.717, 1.165) is 4.90 Å². The standard InChI is InChI=1S/C8H11NO5/c10-4-3-5-1-2-6(7(11)12)9(5)8(13)14/h4-6H,1-3H2,(H,11,12)(H,13,14)/t5?,6-/m0/s1. The number of aliphatic carboxylic acids is 1. The Bertz CT molecular complexity index is 264. The number of hydrogen-bond donors (Lipinski definition) is 2. The highest BCUT2D eigenvalue weighted by Crippen LogP contribution is 2.25. The van der Waals surface area contributed by atoms with E-state index in [9.17, 15) is 14.4 Å². The van der Waals surface area contributed by atoms with Gasteiger partial charge in [-0.2, -0.15) is 0 Å². The maximum Gasteiger partial charge on any atom is 0.408 e.